The maximum atomic E-state index is 12.2. The smallest absolute Gasteiger partial charge is 0.173 e. The van der Waals surface area contributed by atoms with Crippen molar-refractivity contribution in [3.05, 3.63) is 52.6 Å². The van der Waals surface area contributed by atoms with E-state index in [2.05, 4.69) is 11.1 Å². The molecule has 0 saturated heterocycles. The van der Waals surface area contributed by atoms with Crippen molar-refractivity contribution in [1.82, 2.24) is 4.98 Å². The molecule has 0 amide bonds. The monoisotopic (exact) mass is 322 g/mol. The zero-order valence-electron chi connectivity index (χ0n) is 12.5. The number of benzene rings is 1. The van der Waals surface area contributed by atoms with Crippen LogP contribution in [0.15, 0.2) is 35.4 Å². The quantitative estimate of drug-likeness (QED) is 0.670. The summed E-state index contributed by atoms with van der Waals surface area (Å²) in [5.41, 5.74) is 7.56. The summed E-state index contributed by atoms with van der Waals surface area (Å²) in [6.45, 7) is 1.85. The molecule has 0 fully saturated rings. The summed E-state index contributed by atoms with van der Waals surface area (Å²) >= 11 is 1.16. The number of ketones is 1. The minimum atomic E-state index is -0.0535. The van der Waals surface area contributed by atoms with Gasteiger partial charge in [0.2, 0.25) is 0 Å². The predicted molar refractivity (Wildman–Crippen MR) is 89.0 cm³/mol. The maximum Gasteiger partial charge on any atom is 0.173 e. The maximum absolute atomic E-state index is 12.2. The lowest BCUT2D eigenvalue weighted by Gasteiger charge is -2.10. The summed E-state index contributed by atoms with van der Waals surface area (Å²) in [7, 11) is 0. The highest BCUT2D eigenvalue weighted by Gasteiger charge is 2.18. The number of thioether (sulfide) groups is 1. The van der Waals surface area contributed by atoms with Gasteiger partial charge in [-0.05, 0) is 12.0 Å². The van der Waals surface area contributed by atoms with Crippen molar-refractivity contribution in [2.24, 2.45) is 0 Å². The third kappa shape index (κ3) is 3.50. The summed E-state index contributed by atoms with van der Waals surface area (Å²) in [6, 6.07) is 13.0. The Labute approximate surface area is 138 Å². The molecule has 6 heteroatoms. The van der Waals surface area contributed by atoms with Gasteiger partial charge in [-0.3, -0.25) is 4.79 Å². The molecule has 0 radical (unpaired) electrons. The standard InChI is InChI=1S/C17H14N4OS/c1-2-12-13(8-18)16(20)21-17(14(12)9-19)23-10-15(22)11-6-4-3-5-7-11/h3-7H,2,10H2,1H3,(H2,20,21). The number of rotatable bonds is 5. The van der Waals surface area contributed by atoms with E-state index in [4.69, 9.17) is 11.0 Å². The lowest BCUT2D eigenvalue weighted by molar-refractivity contribution is 0.102. The summed E-state index contributed by atoms with van der Waals surface area (Å²) in [5, 5.41) is 18.9. The fraction of sp³-hybridized carbons (Fsp3) is 0.176. The molecule has 0 bridgehead atoms. The third-order valence-electron chi connectivity index (χ3n) is 3.31. The van der Waals surface area contributed by atoms with E-state index < -0.39 is 0 Å². The van der Waals surface area contributed by atoms with Crippen molar-refractivity contribution in [3.8, 4) is 12.1 Å². The van der Waals surface area contributed by atoms with Gasteiger partial charge in [0.1, 0.15) is 23.0 Å². The Hall–Kier alpha value is -2.83. The Kier molecular flexibility index (Phi) is 5.35. The van der Waals surface area contributed by atoms with E-state index in [9.17, 15) is 10.1 Å². The van der Waals surface area contributed by atoms with Crippen molar-refractivity contribution >= 4 is 23.4 Å². The van der Waals surface area contributed by atoms with Crippen LogP contribution in [0.3, 0.4) is 0 Å². The van der Waals surface area contributed by atoms with Gasteiger partial charge < -0.3 is 5.73 Å². The first-order valence-electron chi connectivity index (χ1n) is 6.95. The largest absolute Gasteiger partial charge is 0.383 e. The number of nitrogens with zero attached hydrogens (tertiary/aromatic N) is 3. The molecule has 0 saturated carbocycles. The van der Waals surface area contributed by atoms with Crippen LogP contribution >= 0.6 is 11.8 Å². The third-order valence-corrected chi connectivity index (χ3v) is 4.28. The number of hydrogen-bond acceptors (Lipinski definition) is 6. The molecule has 0 unspecified atom stereocenters. The normalized spacial score (nSPS) is 9.87. The topological polar surface area (TPSA) is 104 Å². The summed E-state index contributed by atoms with van der Waals surface area (Å²) < 4.78 is 0. The number of nitrogen functional groups attached to an aromatic ring is 1. The van der Waals surface area contributed by atoms with Crippen LogP contribution in [0.25, 0.3) is 0 Å². The Morgan fingerprint density at radius 2 is 1.87 bits per heavy atom. The Balaban J connectivity index is 2.31. The SMILES string of the molecule is CCc1c(C#N)c(N)nc(SCC(=O)c2ccccc2)c1C#N. The molecular weight excluding hydrogens is 308 g/mol. The van der Waals surface area contributed by atoms with Gasteiger partial charge in [-0.1, -0.05) is 49.0 Å². The van der Waals surface area contributed by atoms with E-state index in [-0.39, 0.29) is 22.9 Å². The number of carbonyl (C=O) groups is 1. The van der Waals surface area contributed by atoms with Gasteiger partial charge in [0, 0.05) is 5.56 Å². The van der Waals surface area contributed by atoms with Crippen LogP contribution in [0.1, 0.15) is 34.0 Å². The van der Waals surface area contributed by atoms with E-state index in [1.54, 1.807) is 24.3 Å². The average Bonchev–Trinajstić information content (AvgIpc) is 2.59. The van der Waals surface area contributed by atoms with Crippen molar-refractivity contribution in [3.63, 3.8) is 0 Å². The molecule has 2 rings (SSSR count). The highest BCUT2D eigenvalue weighted by Crippen LogP contribution is 2.29. The van der Waals surface area contributed by atoms with Crippen LogP contribution < -0.4 is 5.73 Å². The van der Waals surface area contributed by atoms with Gasteiger partial charge in [-0.15, -0.1) is 0 Å². The van der Waals surface area contributed by atoms with E-state index in [1.165, 1.54) is 0 Å². The van der Waals surface area contributed by atoms with Gasteiger partial charge in [0.25, 0.3) is 0 Å². The van der Waals surface area contributed by atoms with Gasteiger partial charge in [0.05, 0.1) is 16.9 Å². The van der Waals surface area contributed by atoms with Crippen molar-refractivity contribution in [1.29, 1.82) is 10.5 Å². The molecule has 0 aliphatic rings. The molecule has 1 aromatic heterocycles. The number of pyridine rings is 1. The zero-order valence-corrected chi connectivity index (χ0v) is 13.4. The molecular formula is C17H14N4OS. The lowest BCUT2D eigenvalue weighted by atomic mass is 10.0. The highest BCUT2D eigenvalue weighted by molar-refractivity contribution is 8.00. The number of carbonyl (C=O) groups excluding carboxylic acids is 1. The van der Waals surface area contributed by atoms with E-state index >= 15 is 0 Å². The summed E-state index contributed by atoms with van der Waals surface area (Å²) in [6.07, 6.45) is 0.499. The number of Topliss-reactive ketones (excluding diaryl/α,β-unsaturated/α-hetero) is 1. The second-order valence-corrected chi connectivity index (χ2v) is 5.65. The molecule has 0 aliphatic heterocycles. The second kappa shape index (κ2) is 7.44. The van der Waals surface area contributed by atoms with Gasteiger partial charge >= 0.3 is 0 Å². The number of hydrogen-bond donors (Lipinski definition) is 1. The number of anilines is 1. The number of aromatic nitrogens is 1. The Morgan fingerprint density at radius 1 is 1.22 bits per heavy atom. The average molecular weight is 322 g/mol. The van der Waals surface area contributed by atoms with Crippen LogP contribution in [-0.2, 0) is 6.42 Å². The van der Waals surface area contributed by atoms with Gasteiger partial charge in [-0.25, -0.2) is 4.98 Å². The minimum Gasteiger partial charge on any atom is -0.383 e. The molecule has 1 aromatic carbocycles. The van der Waals surface area contributed by atoms with Crippen molar-refractivity contribution in [2.75, 3.05) is 11.5 Å². The van der Waals surface area contributed by atoms with Crippen molar-refractivity contribution < 1.29 is 4.79 Å². The molecule has 5 nitrogen and oxygen atoms in total. The first-order chi connectivity index (χ1) is 11.1. The van der Waals surface area contributed by atoms with Crippen LogP contribution in [0.4, 0.5) is 5.82 Å². The fourth-order valence-corrected chi connectivity index (χ4v) is 3.08. The van der Waals surface area contributed by atoms with Gasteiger partial charge in [0.15, 0.2) is 5.78 Å². The van der Waals surface area contributed by atoms with Crippen LogP contribution in [0.5, 0.6) is 0 Å². The molecule has 114 valence electrons. The van der Waals surface area contributed by atoms with Crippen LogP contribution in [-0.4, -0.2) is 16.5 Å². The van der Waals surface area contributed by atoms with Crippen LogP contribution in [0, 0.1) is 22.7 Å². The first kappa shape index (κ1) is 16.5. The molecule has 2 aromatic rings. The molecule has 2 N–H and O–H groups in total. The Morgan fingerprint density at radius 3 is 2.43 bits per heavy atom. The molecule has 0 aliphatic carbocycles. The van der Waals surface area contributed by atoms with E-state index in [0.717, 1.165) is 11.8 Å². The molecule has 23 heavy (non-hydrogen) atoms. The van der Waals surface area contributed by atoms with E-state index in [0.29, 0.717) is 28.1 Å². The van der Waals surface area contributed by atoms with Crippen molar-refractivity contribution in [2.45, 2.75) is 18.4 Å². The number of nitriles is 2. The lowest BCUT2D eigenvalue weighted by Crippen LogP contribution is -2.07. The molecule has 1 heterocycles. The minimum absolute atomic E-state index is 0.0535. The predicted octanol–water partition coefficient (Wildman–Crippen LogP) is 2.94. The Bertz CT molecular complexity index is 819. The summed E-state index contributed by atoms with van der Waals surface area (Å²) in [4.78, 5) is 16.3. The molecule has 0 atom stereocenters. The highest BCUT2D eigenvalue weighted by atomic mass is 32.2. The summed E-state index contributed by atoms with van der Waals surface area (Å²) in [5.74, 6) is 0.195. The van der Waals surface area contributed by atoms with E-state index in [1.807, 2.05) is 19.1 Å². The first-order valence-corrected chi connectivity index (χ1v) is 7.94. The fourth-order valence-electron chi connectivity index (χ4n) is 2.17. The zero-order chi connectivity index (χ0) is 16.8. The second-order valence-electron chi connectivity index (χ2n) is 4.69. The molecule has 0 spiro atoms. The number of nitrogens with two attached hydrogens (primary N) is 1. The van der Waals surface area contributed by atoms with Gasteiger partial charge in [-0.2, -0.15) is 10.5 Å². The van der Waals surface area contributed by atoms with Crippen LogP contribution in [0.2, 0.25) is 0 Å².